The third-order valence-electron chi connectivity index (χ3n) is 5.72. The van der Waals surface area contributed by atoms with Crippen LogP contribution in [0.15, 0.2) is 67.0 Å². The Hall–Kier alpha value is -3.52. The SMILES string of the molecule is O=[N+]([O-])c1c(NCCN2CCCCC2)ncnc1NC(c1ccccc1)c1ccccc1. The van der Waals surface area contributed by atoms with Crippen LogP contribution in [0.1, 0.15) is 36.4 Å². The second-order valence-corrected chi connectivity index (χ2v) is 7.90. The number of nitrogens with zero attached hydrogens (tertiary/aromatic N) is 4. The third-order valence-corrected chi connectivity index (χ3v) is 5.72. The lowest BCUT2D eigenvalue weighted by atomic mass is 9.99. The van der Waals surface area contributed by atoms with Crippen molar-refractivity contribution >= 4 is 17.3 Å². The van der Waals surface area contributed by atoms with Gasteiger partial charge < -0.3 is 15.5 Å². The zero-order valence-electron chi connectivity index (χ0n) is 18.0. The van der Waals surface area contributed by atoms with Crippen LogP contribution in [0.25, 0.3) is 0 Å². The van der Waals surface area contributed by atoms with Crippen molar-refractivity contribution in [1.82, 2.24) is 14.9 Å². The monoisotopic (exact) mass is 432 g/mol. The molecule has 0 unspecified atom stereocenters. The molecule has 2 heterocycles. The molecule has 1 aromatic heterocycles. The Bertz CT molecular complexity index is 970. The molecule has 1 fully saturated rings. The van der Waals surface area contributed by atoms with E-state index in [1.165, 1.54) is 25.6 Å². The molecule has 2 aromatic carbocycles. The fourth-order valence-electron chi connectivity index (χ4n) is 4.09. The van der Waals surface area contributed by atoms with Crippen LogP contribution in [0.5, 0.6) is 0 Å². The summed E-state index contributed by atoms with van der Waals surface area (Å²) >= 11 is 0. The van der Waals surface area contributed by atoms with Gasteiger partial charge in [0.1, 0.15) is 6.33 Å². The molecule has 1 aliphatic heterocycles. The summed E-state index contributed by atoms with van der Waals surface area (Å²) in [4.78, 5) is 22.4. The quantitative estimate of drug-likeness (QED) is 0.380. The molecular weight excluding hydrogens is 404 g/mol. The lowest BCUT2D eigenvalue weighted by Crippen LogP contribution is -2.33. The summed E-state index contributed by atoms with van der Waals surface area (Å²) in [5, 5.41) is 18.5. The van der Waals surface area contributed by atoms with Crippen molar-refractivity contribution in [2.45, 2.75) is 25.3 Å². The number of nitro groups is 1. The molecule has 0 bridgehead atoms. The molecule has 0 saturated carbocycles. The summed E-state index contributed by atoms with van der Waals surface area (Å²) in [6.45, 7) is 3.59. The van der Waals surface area contributed by atoms with Crippen molar-refractivity contribution in [2.24, 2.45) is 0 Å². The van der Waals surface area contributed by atoms with E-state index in [-0.39, 0.29) is 23.4 Å². The maximum absolute atomic E-state index is 12.0. The smallest absolute Gasteiger partial charge is 0.353 e. The summed E-state index contributed by atoms with van der Waals surface area (Å²) in [6.07, 6.45) is 5.07. The molecule has 0 atom stereocenters. The highest BCUT2D eigenvalue weighted by atomic mass is 16.6. The number of rotatable bonds is 9. The summed E-state index contributed by atoms with van der Waals surface area (Å²) in [5.74, 6) is 0.438. The van der Waals surface area contributed by atoms with E-state index in [1.54, 1.807) is 0 Å². The Labute approximate surface area is 187 Å². The minimum absolute atomic E-state index is 0.136. The Morgan fingerprint density at radius 1 is 0.906 bits per heavy atom. The average Bonchev–Trinajstić information content (AvgIpc) is 2.84. The first kappa shape index (κ1) is 21.7. The van der Waals surface area contributed by atoms with Crippen molar-refractivity contribution in [1.29, 1.82) is 0 Å². The van der Waals surface area contributed by atoms with Gasteiger partial charge in [0.2, 0.25) is 11.6 Å². The average molecular weight is 433 g/mol. The molecule has 0 amide bonds. The maximum atomic E-state index is 12.0. The van der Waals surface area contributed by atoms with Gasteiger partial charge >= 0.3 is 5.69 Å². The van der Waals surface area contributed by atoms with Crippen LogP contribution in [-0.2, 0) is 0 Å². The van der Waals surface area contributed by atoms with Gasteiger partial charge in [-0.05, 0) is 37.1 Å². The number of hydrogen-bond acceptors (Lipinski definition) is 7. The summed E-state index contributed by atoms with van der Waals surface area (Å²) < 4.78 is 0. The summed E-state index contributed by atoms with van der Waals surface area (Å²) in [6, 6.07) is 19.4. The second-order valence-electron chi connectivity index (χ2n) is 7.90. The normalized spacial score (nSPS) is 14.3. The topological polar surface area (TPSA) is 96.2 Å². The van der Waals surface area contributed by atoms with E-state index < -0.39 is 4.92 Å². The van der Waals surface area contributed by atoms with Crippen molar-refractivity contribution in [2.75, 3.05) is 36.8 Å². The predicted molar refractivity (Wildman–Crippen MR) is 126 cm³/mol. The van der Waals surface area contributed by atoms with Gasteiger partial charge in [0.15, 0.2) is 0 Å². The van der Waals surface area contributed by atoms with Crippen molar-refractivity contribution in [3.63, 3.8) is 0 Å². The minimum atomic E-state index is -0.418. The lowest BCUT2D eigenvalue weighted by molar-refractivity contribution is -0.383. The number of likely N-dealkylation sites (tertiary alicyclic amines) is 1. The maximum Gasteiger partial charge on any atom is 0.353 e. The van der Waals surface area contributed by atoms with E-state index in [0.717, 1.165) is 30.8 Å². The fraction of sp³-hybridized carbons (Fsp3) is 0.333. The minimum Gasteiger partial charge on any atom is -0.363 e. The molecule has 8 heteroatoms. The highest BCUT2D eigenvalue weighted by Gasteiger charge is 2.26. The first-order valence-corrected chi connectivity index (χ1v) is 11.0. The van der Waals surface area contributed by atoms with Crippen LogP contribution in [0, 0.1) is 10.1 Å². The van der Waals surface area contributed by atoms with Gasteiger partial charge in [0.05, 0.1) is 11.0 Å². The predicted octanol–water partition coefficient (Wildman–Crippen LogP) is 4.48. The molecule has 2 N–H and O–H groups in total. The van der Waals surface area contributed by atoms with Crippen LogP contribution < -0.4 is 10.6 Å². The van der Waals surface area contributed by atoms with Crippen LogP contribution >= 0.6 is 0 Å². The number of benzene rings is 2. The van der Waals surface area contributed by atoms with Gasteiger partial charge in [-0.2, -0.15) is 0 Å². The highest BCUT2D eigenvalue weighted by molar-refractivity contribution is 5.70. The zero-order valence-corrected chi connectivity index (χ0v) is 18.0. The Kier molecular flexibility index (Phi) is 7.24. The second kappa shape index (κ2) is 10.7. The van der Waals surface area contributed by atoms with Crippen LogP contribution in [0.3, 0.4) is 0 Å². The molecule has 3 aromatic rings. The van der Waals surface area contributed by atoms with Gasteiger partial charge in [0, 0.05) is 13.1 Å². The first-order valence-electron chi connectivity index (χ1n) is 11.0. The zero-order chi connectivity index (χ0) is 22.2. The van der Waals surface area contributed by atoms with Gasteiger partial charge in [-0.1, -0.05) is 67.1 Å². The number of nitrogens with one attached hydrogen (secondary N) is 2. The van der Waals surface area contributed by atoms with Gasteiger partial charge in [-0.25, -0.2) is 9.97 Å². The molecule has 1 aliphatic rings. The van der Waals surface area contributed by atoms with E-state index >= 15 is 0 Å². The van der Waals surface area contributed by atoms with Crippen LogP contribution in [0.4, 0.5) is 17.3 Å². The largest absolute Gasteiger partial charge is 0.363 e. The Morgan fingerprint density at radius 2 is 1.50 bits per heavy atom. The molecule has 0 aliphatic carbocycles. The van der Waals surface area contributed by atoms with Gasteiger partial charge in [-0.15, -0.1) is 0 Å². The molecule has 1 saturated heterocycles. The molecule has 166 valence electrons. The molecule has 0 radical (unpaired) electrons. The summed E-state index contributed by atoms with van der Waals surface area (Å²) in [5.41, 5.74) is 1.85. The number of piperidine rings is 1. The highest BCUT2D eigenvalue weighted by Crippen LogP contribution is 2.33. The molecular formula is C24H28N6O2. The van der Waals surface area contributed by atoms with E-state index in [1.807, 2.05) is 60.7 Å². The number of hydrogen-bond donors (Lipinski definition) is 2. The van der Waals surface area contributed by atoms with Crippen molar-refractivity contribution in [3.8, 4) is 0 Å². The molecule has 4 rings (SSSR count). The van der Waals surface area contributed by atoms with Crippen molar-refractivity contribution in [3.05, 3.63) is 88.2 Å². The van der Waals surface area contributed by atoms with Gasteiger partial charge in [-0.3, -0.25) is 10.1 Å². The molecule has 0 spiro atoms. The van der Waals surface area contributed by atoms with Crippen LogP contribution in [-0.4, -0.2) is 46.0 Å². The van der Waals surface area contributed by atoms with Gasteiger partial charge in [0.25, 0.3) is 0 Å². The Morgan fingerprint density at radius 3 is 2.09 bits per heavy atom. The van der Waals surface area contributed by atoms with E-state index in [0.29, 0.717) is 6.54 Å². The lowest BCUT2D eigenvalue weighted by Gasteiger charge is -2.26. The molecule has 32 heavy (non-hydrogen) atoms. The van der Waals surface area contributed by atoms with Crippen LogP contribution in [0.2, 0.25) is 0 Å². The molecule has 8 nitrogen and oxygen atoms in total. The summed E-state index contributed by atoms with van der Waals surface area (Å²) in [7, 11) is 0. The number of anilines is 2. The van der Waals surface area contributed by atoms with E-state index in [9.17, 15) is 10.1 Å². The van der Waals surface area contributed by atoms with E-state index in [2.05, 4.69) is 25.5 Å². The standard InChI is InChI=1S/C24H28N6O2/c31-30(32)22-23(25-14-17-29-15-8-3-9-16-29)26-18-27-24(22)28-21(19-10-4-1-5-11-19)20-12-6-2-7-13-20/h1-2,4-7,10-13,18,21H,3,8-9,14-17H2,(H2,25,26,27,28). The third kappa shape index (κ3) is 5.39. The first-order chi connectivity index (χ1) is 15.7. The van der Waals surface area contributed by atoms with E-state index in [4.69, 9.17) is 0 Å². The Balaban J connectivity index is 1.57. The van der Waals surface area contributed by atoms with Crippen molar-refractivity contribution < 1.29 is 4.92 Å². The fourth-order valence-corrected chi connectivity index (χ4v) is 4.09. The number of aromatic nitrogens is 2.